The molecular weight excluding hydrogens is 410 g/mol. The van der Waals surface area contributed by atoms with Crippen LogP contribution in [0.25, 0.3) is 11.0 Å². The quantitative estimate of drug-likeness (QED) is 0.587. The second-order valence-electron chi connectivity index (χ2n) is 6.06. The highest BCUT2D eigenvalue weighted by molar-refractivity contribution is 9.10. The van der Waals surface area contributed by atoms with Crippen molar-refractivity contribution in [1.82, 2.24) is 14.5 Å². The van der Waals surface area contributed by atoms with Crippen molar-refractivity contribution < 1.29 is 18.7 Å². The van der Waals surface area contributed by atoms with E-state index in [1.165, 1.54) is 6.92 Å². The van der Waals surface area contributed by atoms with Crippen LogP contribution >= 0.6 is 15.9 Å². The van der Waals surface area contributed by atoms with Gasteiger partial charge in [-0.1, -0.05) is 0 Å². The summed E-state index contributed by atoms with van der Waals surface area (Å²) in [6, 6.07) is 2.81. The number of fused-ring (bicyclic) bond motifs is 1. The van der Waals surface area contributed by atoms with E-state index in [4.69, 9.17) is 0 Å². The third-order valence-corrected chi connectivity index (χ3v) is 4.42. The molecule has 0 aliphatic heterocycles. The minimum atomic E-state index is -1.34. The SMILES string of the molecule is Cc1c(C(=O)O)cc(Nc2nc(Br)cc3ncn(C(C)C)c23)c(F)c1F. The number of aromatic carboxylic acids is 1. The molecule has 0 saturated heterocycles. The van der Waals surface area contributed by atoms with E-state index in [2.05, 4.69) is 31.2 Å². The summed E-state index contributed by atoms with van der Waals surface area (Å²) in [5, 5.41) is 11.9. The van der Waals surface area contributed by atoms with Gasteiger partial charge >= 0.3 is 5.97 Å². The van der Waals surface area contributed by atoms with Crippen molar-refractivity contribution in [2.45, 2.75) is 26.8 Å². The first-order chi connectivity index (χ1) is 12.2. The summed E-state index contributed by atoms with van der Waals surface area (Å²) in [7, 11) is 0. The van der Waals surface area contributed by atoms with Crippen molar-refractivity contribution in [2.75, 3.05) is 5.32 Å². The minimum absolute atomic E-state index is 0.0534. The predicted octanol–water partition coefficient (Wildman–Crippen LogP) is 4.80. The number of aromatic nitrogens is 3. The highest BCUT2D eigenvalue weighted by Crippen LogP contribution is 2.32. The number of carbonyl (C=O) groups is 1. The molecule has 2 N–H and O–H groups in total. The summed E-state index contributed by atoms with van der Waals surface area (Å²) in [6.45, 7) is 5.11. The summed E-state index contributed by atoms with van der Waals surface area (Å²) in [5.74, 6) is -3.49. The Morgan fingerprint density at radius 3 is 2.62 bits per heavy atom. The molecule has 0 aliphatic rings. The summed E-state index contributed by atoms with van der Waals surface area (Å²) < 4.78 is 30.8. The maximum absolute atomic E-state index is 14.4. The molecule has 0 aliphatic carbocycles. The molecule has 3 rings (SSSR count). The maximum atomic E-state index is 14.4. The zero-order valence-corrected chi connectivity index (χ0v) is 15.7. The molecule has 26 heavy (non-hydrogen) atoms. The molecule has 0 atom stereocenters. The van der Waals surface area contributed by atoms with Gasteiger partial charge < -0.3 is 15.0 Å². The Hall–Kier alpha value is -2.55. The highest BCUT2D eigenvalue weighted by atomic mass is 79.9. The molecule has 9 heteroatoms. The largest absolute Gasteiger partial charge is 0.478 e. The van der Waals surface area contributed by atoms with E-state index < -0.39 is 17.6 Å². The first-order valence-corrected chi connectivity index (χ1v) is 8.52. The number of hydrogen-bond acceptors (Lipinski definition) is 4. The van der Waals surface area contributed by atoms with Gasteiger partial charge in [0.05, 0.1) is 23.1 Å². The van der Waals surface area contributed by atoms with Crippen molar-refractivity contribution in [3.8, 4) is 0 Å². The van der Waals surface area contributed by atoms with Gasteiger partial charge in [-0.3, -0.25) is 0 Å². The molecule has 0 spiro atoms. The van der Waals surface area contributed by atoms with E-state index in [-0.39, 0.29) is 28.7 Å². The molecule has 136 valence electrons. The monoisotopic (exact) mass is 424 g/mol. The first-order valence-electron chi connectivity index (χ1n) is 7.72. The van der Waals surface area contributed by atoms with Gasteiger partial charge in [0.25, 0.3) is 0 Å². The zero-order valence-electron chi connectivity index (χ0n) is 14.1. The number of carboxylic acids is 1. The van der Waals surface area contributed by atoms with E-state index in [9.17, 15) is 18.7 Å². The molecule has 0 unspecified atom stereocenters. The number of nitrogens with zero attached hydrogens (tertiary/aromatic N) is 3. The summed E-state index contributed by atoms with van der Waals surface area (Å²) in [6.07, 6.45) is 1.63. The van der Waals surface area contributed by atoms with Gasteiger partial charge in [-0.05, 0) is 48.8 Å². The number of halogens is 3. The molecule has 0 radical (unpaired) electrons. The number of rotatable bonds is 4. The van der Waals surface area contributed by atoms with E-state index in [0.717, 1.165) is 6.07 Å². The fourth-order valence-corrected chi connectivity index (χ4v) is 3.06. The highest BCUT2D eigenvalue weighted by Gasteiger charge is 2.21. The van der Waals surface area contributed by atoms with E-state index in [1.54, 1.807) is 12.4 Å². The third-order valence-electron chi connectivity index (χ3n) is 4.01. The van der Waals surface area contributed by atoms with Crippen molar-refractivity contribution >= 4 is 44.4 Å². The van der Waals surface area contributed by atoms with Crippen molar-refractivity contribution in [1.29, 1.82) is 0 Å². The van der Waals surface area contributed by atoms with Crippen LogP contribution in [-0.4, -0.2) is 25.6 Å². The number of anilines is 2. The Bertz CT molecular complexity index is 1030. The van der Waals surface area contributed by atoms with Crippen LogP contribution in [0.4, 0.5) is 20.3 Å². The molecule has 0 fully saturated rings. The van der Waals surface area contributed by atoms with Gasteiger partial charge in [0.2, 0.25) is 0 Å². The summed E-state index contributed by atoms with van der Waals surface area (Å²) >= 11 is 3.26. The Kier molecular flexibility index (Phi) is 4.66. The molecule has 3 aromatic rings. The lowest BCUT2D eigenvalue weighted by Crippen LogP contribution is -2.09. The molecular formula is C17H15BrF2N4O2. The topological polar surface area (TPSA) is 80.0 Å². The number of benzene rings is 1. The molecule has 2 aromatic heterocycles. The Morgan fingerprint density at radius 2 is 2.00 bits per heavy atom. The number of nitrogens with one attached hydrogen (secondary N) is 1. The van der Waals surface area contributed by atoms with E-state index >= 15 is 0 Å². The summed E-state index contributed by atoms with van der Waals surface area (Å²) in [4.78, 5) is 19.9. The fourth-order valence-electron chi connectivity index (χ4n) is 2.67. The van der Waals surface area contributed by atoms with Crippen LogP contribution in [0.5, 0.6) is 0 Å². The number of imidazole rings is 1. The number of pyridine rings is 1. The standard InChI is InChI=1S/C17H15BrF2N4O2/c1-7(2)24-6-21-11-5-12(18)23-16(15(11)24)22-10-4-9(17(25)26)8(3)13(19)14(10)20/h4-7H,1-3H3,(H,22,23)(H,25,26). The normalized spacial score (nSPS) is 11.3. The van der Waals surface area contributed by atoms with Gasteiger partial charge in [-0.2, -0.15) is 0 Å². The average Bonchev–Trinajstić information content (AvgIpc) is 2.99. The fraction of sp³-hybridized carbons (Fsp3) is 0.235. The second-order valence-corrected chi connectivity index (χ2v) is 6.87. The smallest absolute Gasteiger partial charge is 0.336 e. The van der Waals surface area contributed by atoms with Crippen LogP contribution in [0.15, 0.2) is 23.1 Å². The third kappa shape index (κ3) is 3.03. The summed E-state index contributed by atoms with van der Waals surface area (Å²) in [5.41, 5.74) is 0.305. The lowest BCUT2D eigenvalue weighted by atomic mass is 10.1. The molecule has 0 amide bonds. The van der Waals surface area contributed by atoms with Crippen LogP contribution in [0.3, 0.4) is 0 Å². The molecule has 6 nitrogen and oxygen atoms in total. The van der Waals surface area contributed by atoms with Crippen molar-refractivity contribution in [3.63, 3.8) is 0 Å². The van der Waals surface area contributed by atoms with Crippen LogP contribution in [-0.2, 0) is 0 Å². The van der Waals surface area contributed by atoms with Crippen LogP contribution in [0, 0.1) is 18.6 Å². The Morgan fingerprint density at radius 1 is 1.31 bits per heavy atom. The Balaban J connectivity index is 2.21. The van der Waals surface area contributed by atoms with Gasteiger partial charge in [0.1, 0.15) is 10.1 Å². The number of carboxylic acid groups (broad SMARTS) is 1. The van der Waals surface area contributed by atoms with Gasteiger partial charge in [-0.25, -0.2) is 23.5 Å². The van der Waals surface area contributed by atoms with E-state index in [0.29, 0.717) is 15.6 Å². The Labute approximate surface area is 156 Å². The predicted molar refractivity (Wildman–Crippen MR) is 97.0 cm³/mol. The van der Waals surface area contributed by atoms with Crippen LogP contribution < -0.4 is 5.32 Å². The average molecular weight is 425 g/mol. The lowest BCUT2D eigenvalue weighted by Gasteiger charge is -2.15. The van der Waals surface area contributed by atoms with Crippen molar-refractivity contribution in [3.05, 3.63) is 45.8 Å². The van der Waals surface area contributed by atoms with Crippen LogP contribution in [0.2, 0.25) is 0 Å². The second kappa shape index (κ2) is 6.64. The molecule has 1 aromatic carbocycles. The lowest BCUT2D eigenvalue weighted by molar-refractivity contribution is 0.0695. The molecule has 0 bridgehead atoms. The van der Waals surface area contributed by atoms with Crippen LogP contribution in [0.1, 0.15) is 35.8 Å². The van der Waals surface area contributed by atoms with Gasteiger partial charge in [0.15, 0.2) is 17.5 Å². The maximum Gasteiger partial charge on any atom is 0.336 e. The molecule has 0 saturated carbocycles. The molecule has 2 heterocycles. The number of hydrogen-bond donors (Lipinski definition) is 2. The van der Waals surface area contributed by atoms with Gasteiger partial charge in [0, 0.05) is 11.6 Å². The van der Waals surface area contributed by atoms with Gasteiger partial charge in [-0.15, -0.1) is 0 Å². The van der Waals surface area contributed by atoms with Crippen molar-refractivity contribution in [2.24, 2.45) is 0 Å². The zero-order chi connectivity index (χ0) is 19.2. The van der Waals surface area contributed by atoms with E-state index in [1.807, 2.05) is 18.4 Å². The minimum Gasteiger partial charge on any atom is -0.478 e. The first kappa shape index (κ1) is 18.2.